The maximum atomic E-state index is 14.1. The molecule has 110 valence electrons. The molecule has 2 aromatic rings. The van der Waals surface area contributed by atoms with Gasteiger partial charge < -0.3 is 14.9 Å². The first-order valence-electron chi connectivity index (χ1n) is 5.80. The minimum atomic E-state index is -4.58. The van der Waals surface area contributed by atoms with Crippen molar-refractivity contribution in [1.29, 1.82) is 0 Å². The third-order valence-electron chi connectivity index (χ3n) is 2.69. The Morgan fingerprint density at radius 3 is 2.33 bits per heavy atom. The number of hydrogen-bond donors (Lipinski definition) is 3. The number of rotatable bonds is 3. The molecule has 4 nitrogen and oxygen atoms in total. The molecule has 0 saturated heterocycles. The highest BCUT2D eigenvalue weighted by atomic mass is 35.5. The van der Waals surface area contributed by atoms with Crippen LogP contribution in [-0.4, -0.2) is 14.9 Å². The molecule has 2 aromatic carbocycles. The SMILES string of the molecule is O=P(O)(O)/C=C(\c1ccccc1)c1c(O)cc(Cl)cc1F. The molecule has 0 aromatic heterocycles. The lowest BCUT2D eigenvalue weighted by molar-refractivity contribution is 0.386. The minimum absolute atomic E-state index is 0.0164. The second-order valence-electron chi connectivity index (χ2n) is 4.28. The summed E-state index contributed by atoms with van der Waals surface area (Å²) in [5.74, 6) is -0.749. The fourth-order valence-corrected chi connectivity index (χ4v) is 2.71. The van der Waals surface area contributed by atoms with E-state index in [1.165, 1.54) is 0 Å². The van der Waals surface area contributed by atoms with Crippen LogP contribution in [0.5, 0.6) is 5.75 Å². The standard InChI is InChI=1S/C14H11ClFO4P/c15-10-6-12(16)14(13(17)7-10)11(8-21(18,19)20)9-4-2-1-3-5-9/h1-8,17H,(H2,18,19,20)/b11-8+. The van der Waals surface area contributed by atoms with Crippen LogP contribution in [-0.2, 0) is 4.57 Å². The summed E-state index contributed by atoms with van der Waals surface area (Å²) in [6, 6.07) is 10.1. The predicted molar refractivity (Wildman–Crippen MR) is 78.6 cm³/mol. The molecule has 0 radical (unpaired) electrons. The summed E-state index contributed by atoms with van der Waals surface area (Å²) in [5.41, 5.74) is -0.0538. The third kappa shape index (κ3) is 3.93. The lowest BCUT2D eigenvalue weighted by Gasteiger charge is -2.12. The van der Waals surface area contributed by atoms with Crippen LogP contribution in [0.1, 0.15) is 11.1 Å². The summed E-state index contributed by atoms with van der Waals surface area (Å²) in [6.45, 7) is 0. The quantitative estimate of drug-likeness (QED) is 0.750. The highest BCUT2D eigenvalue weighted by Gasteiger charge is 2.20. The van der Waals surface area contributed by atoms with E-state index in [4.69, 9.17) is 21.4 Å². The van der Waals surface area contributed by atoms with Crippen LogP contribution in [0.15, 0.2) is 48.3 Å². The fourth-order valence-electron chi connectivity index (χ4n) is 1.90. The first kappa shape index (κ1) is 15.7. The van der Waals surface area contributed by atoms with Crippen molar-refractivity contribution in [2.75, 3.05) is 0 Å². The van der Waals surface area contributed by atoms with Crippen molar-refractivity contribution in [3.05, 3.63) is 70.2 Å². The molecule has 0 saturated carbocycles. The van der Waals surface area contributed by atoms with Crippen LogP contribution in [0.4, 0.5) is 4.39 Å². The molecule has 3 N–H and O–H groups in total. The van der Waals surface area contributed by atoms with Crippen LogP contribution in [0.25, 0.3) is 5.57 Å². The number of aromatic hydroxyl groups is 1. The Hall–Kier alpha value is -1.65. The largest absolute Gasteiger partial charge is 0.507 e. The second kappa shape index (κ2) is 6.00. The van der Waals surface area contributed by atoms with Gasteiger partial charge in [0.15, 0.2) is 0 Å². The van der Waals surface area contributed by atoms with Crippen LogP contribution >= 0.6 is 19.2 Å². The molecule has 0 bridgehead atoms. The minimum Gasteiger partial charge on any atom is -0.507 e. The Morgan fingerprint density at radius 2 is 1.81 bits per heavy atom. The molecule has 0 atom stereocenters. The molecule has 0 fully saturated rings. The van der Waals surface area contributed by atoms with E-state index < -0.39 is 19.2 Å². The van der Waals surface area contributed by atoms with Gasteiger partial charge in [-0.05, 0) is 17.7 Å². The summed E-state index contributed by atoms with van der Waals surface area (Å²) in [7, 11) is -4.58. The molecule has 0 heterocycles. The van der Waals surface area contributed by atoms with E-state index in [0.717, 1.165) is 12.1 Å². The zero-order valence-electron chi connectivity index (χ0n) is 10.6. The van der Waals surface area contributed by atoms with Crippen LogP contribution in [0.2, 0.25) is 5.02 Å². The van der Waals surface area contributed by atoms with Crippen molar-refractivity contribution >= 4 is 24.8 Å². The van der Waals surface area contributed by atoms with E-state index in [0.29, 0.717) is 11.4 Å². The van der Waals surface area contributed by atoms with Gasteiger partial charge in [-0.1, -0.05) is 41.9 Å². The summed E-state index contributed by atoms with van der Waals surface area (Å²) in [6.07, 6.45) is 0. The molecule has 0 aliphatic rings. The van der Waals surface area contributed by atoms with E-state index in [2.05, 4.69) is 0 Å². The number of benzene rings is 2. The number of phenols is 1. The molecule has 21 heavy (non-hydrogen) atoms. The van der Waals surface area contributed by atoms with Crippen molar-refractivity contribution in [3.8, 4) is 5.75 Å². The summed E-state index contributed by atoms with van der Waals surface area (Å²) < 4.78 is 25.3. The Morgan fingerprint density at radius 1 is 1.19 bits per heavy atom. The highest BCUT2D eigenvalue weighted by Crippen LogP contribution is 2.44. The van der Waals surface area contributed by atoms with Crippen molar-refractivity contribution in [3.63, 3.8) is 0 Å². The molecule has 7 heteroatoms. The van der Waals surface area contributed by atoms with Gasteiger partial charge in [-0.3, -0.25) is 4.57 Å². The van der Waals surface area contributed by atoms with Gasteiger partial charge in [0.1, 0.15) is 11.6 Å². The van der Waals surface area contributed by atoms with Gasteiger partial charge in [0.05, 0.1) is 5.56 Å². The van der Waals surface area contributed by atoms with E-state index in [9.17, 15) is 14.1 Å². The van der Waals surface area contributed by atoms with Crippen molar-refractivity contribution in [1.82, 2.24) is 0 Å². The van der Waals surface area contributed by atoms with Crippen molar-refractivity contribution in [2.45, 2.75) is 0 Å². The van der Waals surface area contributed by atoms with Gasteiger partial charge >= 0.3 is 7.60 Å². The first-order chi connectivity index (χ1) is 9.78. The van der Waals surface area contributed by atoms with Crippen molar-refractivity contribution in [2.24, 2.45) is 0 Å². The van der Waals surface area contributed by atoms with Crippen LogP contribution < -0.4 is 0 Å². The Balaban J connectivity index is 2.74. The molecule has 2 rings (SSSR count). The van der Waals surface area contributed by atoms with E-state index in [1.54, 1.807) is 30.3 Å². The molecular weight excluding hydrogens is 318 g/mol. The molecule has 0 spiro atoms. The Bertz CT molecular complexity index is 717. The third-order valence-corrected chi connectivity index (χ3v) is 3.50. The van der Waals surface area contributed by atoms with E-state index in [-0.39, 0.29) is 16.2 Å². The van der Waals surface area contributed by atoms with Gasteiger partial charge in [0.25, 0.3) is 0 Å². The molecule has 0 unspecified atom stereocenters. The van der Waals surface area contributed by atoms with Crippen LogP contribution in [0.3, 0.4) is 0 Å². The fraction of sp³-hybridized carbons (Fsp3) is 0. The van der Waals surface area contributed by atoms with Gasteiger partial charge in [0, 0.05) is 16.4 Å². The maximum absolute atomic E-state index is 14.1. The highest BCUT2D eigenvalue weighted by molar-refractivity contribution is 7.55. The average Bonchev–Trinajstić information content (AvgIpc) is 2.36. The molecular formula is C14H11ClFO4P. The number of halogens is 2. The normalized spacial score (nSPS) is 12.5. The zero-order chi connectivity index (χ0) is 15.6. The molecule has 0 aliphatic carbocycles. The Kier molecular flexibility index (Phi) is 4.49. The van der Waals surface area contributed by atoms with E-state index >= 15 is 0 Å². The second-order valence-corrected chi connectivity index (χ2v) is 6.15. The lowest BCUT2D eigenvalue weighted by atomic mass is 9.98. The topological polar surface area (TPSA) is 77.8 Å². The Labute approximate surface area is 125 Å². The van der Waals surface area contributed by atoms with E-state index in [1.807, 2.05) is 0 Å². The van der Waals surface area contributed by atoms with Gasteiger partial charge in [-0.2, -0.15) is 0 Å². The maximum Gasteiger partial charge on any atom is 0.349 e. The monoisotopic (exact) mass is 328 g/mol. The average molecular weight is 329 g/mol. The van der Waals surface area contributed by atoms with Gasteiger partial charge in [-0.15, -0.1) is 0 Å². The smallest absolute Gasteiger partial charge is 0.349 e. The number of hydrogen-bond acceptors (Lipinski definition) is 2. The molecule has 0 amide bonds. The molecule has 0 aliphatic heterocycles. The summed E-state index contributed by atoms with van der Waals surface area (Å²) in [4.78, 5) is 18.3. The zero-order valence-corrected chi connectivity index (χ0v) is 12.2. The first-order valence-corrected chi connectivity index (χ1v) is 7.86. The van der Waals surface area contributed by atoms with Crippen LogP contribution in [0, 0.1) is 5.82 Å². The van der Waals surface area contributed by atoms with Gasteiger partial charge in [0.2, 0.25) is 0 Å². The summed E-state index contributed by atoms with van der Waals surface area (Å²) in [5, 5.41) is 9.87. The number of phenolic OH excluding ortho intramolecular Hbond substituents is 1. The van der Waals surface area contributed by atoms with Gasteiger partial charge in [-0.25, -0.2) is 4.39 Å². The van der Waals surface area contributed by atoms with Crippen molar-refractivity contribution < 1.29 is 23.8 Å². The predicted octanol–water partition coefficient (Wildman–Crippen LogP) is 3.75. The lowest BCUT2D eigenvalue weighted by Crippen LogP contribution is -1.94. The summed E-state index contributed by atoms with van der Waals surface area (Å²) >= 11 is 5.63.